The van der Waals surface area contributed by atoms with E-state index in [4.69, 9.17) is 11.6 Å². The zero-order valence-corrected chi connectivity index (χ0v) is 11.2. The zero-order valence-electron chi connectivity index (χ0n) is 9.64. The van der Waals surface area contributed by atoms with Crippen LogP contribution in [0.4, 0.5) is 16.2 Å². The van der Waals surface area contributed by atoms with E-state index < -0.39 is 16.1 Å². The number of ether oxygens (including phenoxy) is 1. The van der Waals surface area contributed by atoms with Crippen molar-refractivity contribution >= 4 is 39.1 Å². The van der Waals surface area contributed by atoms with Crippen molar-refractivity contribution in [3.8, 4) is 0 Å². The zero-order chi connectivity index (χ0) is 13.6. The molecule has 1 amide bonds. The second-order valence-corrected chi connectivity index (χ2v) is 5.53. The van der Waals surface area contributed by atoms with Crippen LogP contribution in [-0.2, 0) is 14.8 Å². The van der Waals surface area contributed by atoms with E-state index in [1.807, 2.05) is 0 Å². The lowest BCUT2D eigenvalue weighted by Crippen LogP contribution is -2.17. The lowest BCUT2D eigenvalue weighted by atomic mass is 10.3. The summed E-state index contributed by atoms with van der Waals surface area (Å²) in [5, 5.41) is 2.43. The second kappa shape index (κ2) is 6.46. The number of sulfonamides is 1. The number of halogens is 1. The molecular weight excluding hydrogens is 280 g/mol. The number of hydrogen-bond acceptors (Lipinski definition) is 4. The van der Waals surface area contributed by atoms with Gasteiger partial charge in [-0.3, -0.25) is 10.0 Å². The van der Waals surface area contributed by atoms with Crippen LogP contribution in [0.15, 0.2) is 24.3 Å². The van der Waals surface area contributed by atoms with Crippen LogP contribution in [0, 0.1) is 0 Å². The number of hydrogen-bond donors (Lipinski definition) is 2. The Hall–Kier alpha value is -1.47. The molecule has 0 spiro atoms. The first-order valence-electron chi connectivity index (χ1n) is 4.98. The first-order valence-corrected chi connectivity index (χ1v) is 7.17. The summed E-state index contributed by atoms with van der Waals surface area (Å²) >= 11 is 5.38. The third-order valence-electron chi connectivity index (χ3n) is 1.91. The van der Waals surface area contributed by atoms with Gasteiger partial charge in [0.15, 0.2) is 0 Å². The average Bonchev–Trinajstić information content (AvgIpc) is 2.28. The highest BCUT2D eigenvalue weighted by atomic mass is 35.5. The number of carbonyl (C=O) groups excluding carboxylic acids is 1. The Balaban J connectivity index is 2.79. The summed E-state index contributed by atoms with van der Waals surface area (Å²) in [6, 6.07) is 6.25. The number of carbonyl (C=O) groups is 1. The van der Waals surface area contributed by atoms with Gasteiger partial charge in [0.05, 0.1) is 18.6 Å². The van der Waals surface area contributed by atoms with Gasteiger partial charge in [-0.15, -0.1) is 11.6 Å². The van der Waals surface area contributed by atoms with Crippen LogP contribution in [0.25, 0.3) is 0 Å². The van der Waals surface area contributed by atoms with Gasteiger partial charge in [0.2, 0.25) is 10.0 Å². The predicted molar refractivity (Wildman–Crippen MR) is 70.6 cm³/mol. The Kier molecular flexibility index (Phi) is 5.24. The molecule has 1 aromatic carbocycles. The third kappa shape index (κ3) is 4.80. The van der Waals surface area contributed by atoms with Gasteiger partial charge in [-0.2, -0.15) is 0 Å². The van der Waals surface area contributed by atoms with Crippen LogP contribution in [0.3, 0.4) is 0 Å². The summed E-state index contributed by atoms with van der Waals surface area (Å²) in [6.07, 6.45) is -0.629. The van der Waals surface area contributed by atoms with Crippen molar-refractivity contribution in [2.75, 3.05) is 28.8 Å². The smallest absolute Gasteiger partial charge is 0.411 e. The number of benzene rings is 1. The second-order valence-electron chi connectivity index (χ2n) is 3.31. The van der Waals surface area contributed by atoms with Crippen molar-refractivity contribution in [2.45, 2.75) is 0 Å². The van der Waals surface area contributed by atoms with E-state index in [0.29, 0.717) is 11.4 Å². The summed E-state index contributed by atoms with van der Waals surface area (Å²) in [7, 11) is -2.22. The monoisotopic (exact) mass is 292 g/mol. The highest BCUT2D eigenvalue weighted by Crippen LogP contribution is 2.16. The highest BCUT2D eigenvalue weighted by Gasteiger charge is 2.10. The summed E-state index contributed by atoms with van der Waals surface area (Å²) < 4.78 is 29.7. The molecule has 1 rings (SSSR count). The fourth-order valence-electron chi connectivity index (χ4n) is 1.16. The summed E-state index contributed by atoms with van der Waals surface area (Å²) in [5.74, 6) is -0.168. The maximum atomic E-state index is 11.5. The molecule has 6 nitrogen and oxygen atoms in total. The molecule has 8 heteroatoms. The van der Waals surface area contributed by atoms with E-state index in [-0.39, 0.29) is 11.6 Å². The average molecular weight is 293 g/mol. The molecule has 0 aliphatic carbocycles. The lowest BCUT2D eigenvalue weighted by Gasteiger charge is -2.09. The molecule has 0 fully saturated rings. The number of rotatable bonds is 5. The minimum Gasteiger partial charge on any atom is -0.453 e. The Morgan fingerprint density at radius 3 is 2.67 bits per heavy atom. The van der Waals surface area contributed by atoms with Gasteiger partial charge in [0.25, 0.3) is 0 Å². The Morgan fingerprint density at radius 2 is 2.06 bits per heavy atom. The molecule has 2 N–H and O–H groups in total. The summed E-state index contributed by atoms with van der Waals surface area (Å²) in [5.41, 5.74) is 0.766. The molecule has 0 heterocycles. The maximum Gasteiger partial charge on any atom is 0.411 e. The lowest BCUT2D eigenvalue weighted by molar-refractivity contribution is 0.187. The van der Waals surface area contributed by atoms with Crippen molar-refractivity contribution in [3.05, 3.63) is 24.3 Å². The standard InChI is InChI=1S/C10H13ClN2O4S/c1-17-10(14)12-8-3-2-4-9(7-8)13-18(15,16)6-5-11/h2-4,7,13H,5-6H2,1H3,(H,12,14). The molecular formula is C10H13ClN2O4S. The normalized spacial score (nSPS) is 10.8. The fraction of sp³-hybridized carbons (Fsp3) is 0.300. The molecule has 0 saturated heterocycles. The molecule has 0 aliphatic rings. The first kappa shape index (κ1) is 14.6. The molecule has 0 bridgehead atoms. The molecule has 0 radical (unpaired) electrons. The molecule has 18 heavy (non-hydrogen) atoms. The maximum absolute atomic E-state index is 11.5. The van der Waals surface area contributed by atoms with E-state index in [1.165, 1.54) is 13.2 Å². The Labute approximate surface area is 110 Å². The molecule has 0 unspecified atom stereocenters. The molecule has 100 valence electrons. The van der Waals surface area contributed by atoms with Crippen LogP contribution in [0.5, 0.6) is 0 Å². The van der Waals surface area contributed by atoms with Gasteiger partial charge in [-0.05, 0) is 18.2 Å². The van der Waals surface area contributed by atoms with E-state index in [9.17, 15) is 13.2 Å². The SMILES string of the molecule is COC(=O)Nc1cccc(NS(=O)(=O)CCCl)c1. The van der Waals surface area contributed by atoms with Gasteiger partial charge in [0.1, 0.15) is 0 Å². The topological polar surface area (TPSA) is 84.5 Å². The van der Waals surface area contributed by atoms with Crippen molar-refractivity contribution < 1.29 is 17.9 Å². The van der Waals surface area contributed by atoms with Gasteiger partial charge in [0, 0.05) is 11.6 Å². The van der Waals surface area contributed by atoms with E-state index in [0.717, 1.165) is 0 Å². The third-order valence-corrected chi connectivity index (χ3v) is 3.61. The van der Waals surface area contributed by atoms with E-state index >= 15 is 0 Å². The highest BCUT2D eigenvalue weighted by molar-refractivity contribution is 7.92. The van der Waals surface area contributed by atoms with Crippen LogP contribution < -0.4 is 10.0 Å². The fourth-order valence-corrected chi connectivity index (χ4v) is 2.56. The summed E-state index contributed by atoms with van der Waals surface area (Å²) in [6.45, 7) is 0. The number of amides is 1. The van der Waals surface area contributed by atoms with Gasteiger partial charge in [-0.25, -0.2) is 13.2 Å². The van der Waals surface area contributed by atoms with Crippen LogP contribution in [0.1, 0.15) is 0 Å². The largest absolute Gasteiger partial charge is 0.453 e. The van der Waals surface area contributed by atoms with E-state index in [1.54, 1.807) is 18.2 Å². The van der Waals surface area contributed by atoms with Gasteiger partial charge < -0.3 is 4.74 Å². The number of methoxy groups -OCH3 is 1. The van der Waals surface area contributed by atoms with Crippen molar-refractivity contribution in [2.24, 2.45) is 0 Å². The van der Waals surface area contributed by atoms with Crippen LogP contribution >= 0.6 is 11.6 Å². The number of anilines is 2. The van der Waals surface area contributed by atoms with E-state index in [2.05, 4.69) is 14.8 Å². The minimum atomic E-state index is -3.46. The molecule has 0 saturated carbocycles. The molecule has 0 aliphatic heterocycles. The van der Waals surface area contributed by atoms with Crippen molar-refractivity contribution in [1.82, 2.24) is 0 Å². The Morgan fingerprint density at radius 1 is 1.39 bits per heavy atom. The van der Waals surface area contributed by atoms with Crippen LogP contribution in [0.2, 0.25) is 0 Å². The van der Waals surface area contributed by atoms with Gasteiger partial charge in [-0.1, -0.05) is 6.07 Å². The first-order chi connectivity index (χ1) is 8.46. The number of nitrogens with one attached hydrogen (secondary N) is 2. The van der Waals surface area contributed by atoms with Crippen LogP contribution in [-0.4, -0.2) is 33.3 Å². The molecule has 0 aromatic heterocycles. The Bertz CT molecular complexity index is 518. The number of alkyl halides is 1. The molecule has 0 atom stereocenters. The molecule has 1 aromatic rings. The quantitative estimate of drug-likeness (QED) is 0.811. The predicted octanol–water partition coefficient (Wildman–Crippen LogP) is 1.85. The summed E-state index contributed by atoms with van der Waals surface area (Å²) in [4.78, 5) is 11.0. The minimum absolute atomic E-state index is 0.00936. The van der Waals surface area contributed by atoms with Gasteiger partial charge >= 0.3 is 6.09 Å². The van der Waals surface area contributed by atoms with Crippen molar-refractivity contribution in [3.63, 3.8) is 0 Å². The van der Waals surface area contributed by atoms with Crippen molar-refractivity contribution in [1.29, 1.82) is 0 Å².